The molecule has 3 aromatic rings. The van der Waals surface area contributed by atoms with E-state index in [9.17, 15) is 9.59 Å². The van der Waals surface area contributed by atoms with Crippen molar-refractivity contribution in [1.29, 1.82) is 0 Å². The van der Waals surface area contributed by atoms with Gasteiger partial charge in [0, 0.05) is 11.8 Å². The lowest BCUT2D eigenvalue weighted by Gasteiger charge is -2.32. The van der Waals surface area contributed by atoms with E-state index in [4.69, 9.17) is 18.9 Å². The van der Waals surface area contributed by atoms with E-state index in [1.165, 1.54) is 10.8 Å². The van der Waals surface area contributed by atoms with Crippen LogP contribution in [0.1, 0.15) is 22.9 Å². The minimum Gasteiger partial charge on any atom is -0.484 e. The molecule has 3 heterocycles. The molecule has 1 N–H and O–H groups in total. The van der Waals surface area contributed by atoms with E-state index in [-0.39, 0.29) is 6.61 Å². The summed E-state index contributed by atoms with van der Waals surface area (Å²) in [6, 6.07) is 19.6. The first kappa shape index (κ1) is 22.3. The van der Waals surface area contributed by atoms with Gasteiger partial charge in [0.25, 0.3) is 5.56 Å². The number of ether oxygens (including phenoxy) is 4. The van der Waals surface area contributed by atoms with Gasteiger partial charge in [0.15, 0.2) is 17.9 Å². The van der Waals surface area contributed by atoms with Crippen LogP contribution in [0.3, 0.4) is 0 Å². The number of H-pyrrole nitrogens is 1. The van der Waals surface area contributed by atoms with Gasteiger partial charge in [0.1, 0.15) is 11.9 Å². The maximum atomic E-state index is 12.6. The van der Waals surface area contributed by atoms with Crippen LogP contribution in [0.2, 0.25) is 0 Å². The lowest BCUT2D eigenvalue weighted by atomic mass is 9.97. The number of rotatable bonds is 8. The van der Waals surface area contributed by atoms with Crippen LogP contribution >= 0.6 is 0 Å². The second kappa shape index (κ2) is 9.06. The molecule has 2 unspecified atom stereocenters. The molecule has 8 heteroatoms. The van der Waals surface area contributed by atoms with E-state index in [0.717, 1.165) is 11.1 Å². The van der Waals surface area contributed by atoms with Crippen molar-refractivity contribution in [2.75, 3.05) is 6.61 Å². The highest BCUT2D eigenvalue weighted by Crippen LogP contribution is 2.51. The number of aromatic nitrogens is 2. The summed E-state index contributed by atoms with van der Waals surface area (Å²) in [5.41, 5.74) is 0.276. The molecule has 0 radical (unpaired) electrons. The number of aromatic amines is 1. The Labute approximate surface area is 196 Å². The van der Waals surface area contributed by atoms with Gasteiger partial charge in [-0.15, -0.1) is 0 Å². The van der Waals surface area contributed by atoms with Crippen LogP contribution in [0, 0.1) is 6.92 Å². The SMILES string of the molecule is C=C1OC2C(OCc3ccccc3)[C@@]1(COCc1ccccc1)O[C@H]2n1cc(C)c(=O)[nH]c1=O. The number of hydrogen-bond acceptors (Lipinski definition) is 6. The van der Waals surface area contributed by atoms with Crippen LogP contribution < -0.4 is 11.2 Å². The molecule has 2 aliphatic heterocycles. The highest BCUT2D eigenvalue weighted by atomic mass is 16.7. The molecule has 0 amide bonds. The van der Waals surface area contributed by atoms with Crippen molar-refractivity contribution >= 4 is 0 Å². The summed E-state index contributed by atoms with van der Waals surface area (Å²) in [5, 5.41) is 0. The van der Waals surface area contributed by atoms with Crippen LogP contribution in [-0.4, -0.2) is 34.0 Å². The molecule has 8 nitrogen and oxygen atoms in total. The molecule has 34 heavy (non-hydrogen) atoms. The molecule has 0 spiro atoms. The number of aryl methyl sites for hydroxylation is 1. The summed E-state index contributed by atoms with van der Waals surface area (Å²) in [5.74, 6) is 0.397. The molecule has 2 fully saturated rings. The highest BCUT2D eigenvalue weighted by molar-refractivity contribution is 5.25. The van der Waals surface area contributed by atoms with Crippen molar-refractivity contribution < 1.29 is 18.9 Å². The van der Waals surface area contributed by atoms with Gasteiger partial charge in [0.2, 0.25) is 0 Å². The second-order valence-electron chi connectivity index (χ2n) is 8.58. The predicted octanol–water partition coefficient (Wildman–Crippen LogP) is 2.83. The number of nitrogens with one attached hydrogen (secondary N) is 1. The summed E-state index contributed by atoms with van der Waals surface area (Å²) < 4.78 is 26.2. The fourth-order valence-corrected chi connectivity index (χ4v) is 4.44. The van der Waals surface area contributed by atoms with E-state index in [0.29, 0.717) is 24.5 Å². The van der Waals surface area contributed by atoms with Crippen LogP contribution in [0.15, 0.2) is 88.8 Å². The summed E-state index contributed by atoms with van der Waals surface area (Å²) >= 11 is 0. The minimum atomic E-state index is -1.11. The summed E-state index contributed by atoms with van der Waals surface area (Å²) in [6.07, 6.45) is -0.542. The van der Waals surface area contributed by atoms with Gasteiger partial charge in [-0.1, -0.05) is 67.2 Å². The quantitative estimate of drug-likeness (QED) is 0.554. The first-order chi connectivity index (χ1) is 16.5. The molecule has 0 aliphatic carbocycles. The van der Waals surface area contributed by atoms with Crippen molar-refractivity contribution in [2.24, 2.45) is 0 Å². The van der Waals surface area contributed by atoms with Gasteiger partial charge >= 0.3 is 5.69 Å². The van der Waals surface area contributed by atoms with Crippen molar-refractivity contribution in [3.05, 3.63) is 117 Å². The van der Waals surface area contributed by atoms with E-state index >= 15 is 0 Å². The molecule has 2 saturated heterocycles. The fraction of sp³-hybridized carbons (Fsp3) is 0.308. The molecular weight excluding hydrogens is 436 g/mol. The van der Waals surface area contributed by atoms with Gasteiger partial charge in [-0.25, -0.2) is 4.79 Å². The third-order valence-corrected chi connectivity index (χ3v) is 6.24. The Bertz CT molecular complexity index is 1290. The summed E-state index contributed by atoms with van der Waals surface area (Å²) in [6.45, 7) is 6.53. The van der Waals surface area contributed by atoms with Crippen molar-refractivity contribution in [3.8, 4) is 0 Å². The smallest absolute Gasteiger partial charge is 0.330 e. The zero-order valence-electron chi connectivity index (χ0n) is 18.8. The van der Waals surface area contributed by atoms with Crippen molar-refractivity contribution in [2.45, 2.75) is 44.2 Å². The monoisotopic (exact) mass is 462 g/mol. The maximum absolute atomic E-state index is 12.6. The normalized spacial score (nSPS) is 25.4. The minimum absolute atomic E-state index is 0.129. The molecule has 4 atom stereocenters. The van der Waals surface area contributed by atoms with E-state index < -0.39 is 35.3 Å². The first-order valence-corrected chi connectivity index (χ1v) is 11.1. The fourth-order valence-electron chi connectivity index (χ4n) is 4.44. The molecule has 2 aromatic carbocycles. The lowest BCUT2D eigenvalue weighted by molar-refractivity contribution is -0.166. The summed E-state index contributed by atoms with van der Waals surface area (Å²) in [7, 11) is 0. The molecule has 2 aliphatic rings. The Kier molecular flexibility index (Phi) is 5.95. The Morgan fingerprint density at radius 3 is 2.35 bits per heavy atom. The Morgan fingerprint density at radius 2 is 1.68 bits per heavy atom. The third kappa shape index (κ3) is 4.00. The molecule has 0 saturated carbocycles. The molecular formula is C26H26N2O6. The number of benzene rings is 2. The third-order valence-electron chi connectivity index (χ3n) is 6.24. The average molecular weight is 463 g/mol. The van der Waals surface area contributed by atoms with Gasteiger partial charge < -0.3 is 18.9 Å². The predicted molar refractivity (Wildman–Crippen MR) is 124 cm³/mol. The number of nitrogens with zero attached hydrogens (tertiary/aromatic N) is 1. The van der Waals surface area contributed by atoms with Gasteiger partial charge in [0.05, 0.1) is 19.8 Å². The van der Waals surface area contributed by atoms with Gasteiger partial charge in [-0.05, 0) is 18.1 Å². The molecule has 1 aromatic heterocycles. The number of fused-ring (bicyclic) bond motifs is 2. The molecule has 2 bridgehead atoms. The van der Waals surface area contributed by atoms with E-state index in [1.54, 1.807) is 6.92 Å². The van der Waals surface area contributed by atoms with Crippen LogP contribution in [-0.2, 0) is 32.2 Å². The van der Waals surface area contributed by atoms with Gasteiger partial charge in [-0.2, -0.15) is 0 Å². The topological polar surface area (TPSA) is 91.8 Å². The maximum Gasteiger partial charge on any atom is 0.330 e. The largest absolute Gasteiger partial charge is 0.484 e. The van der Waals surface area contributed by atoms with E-state index in [2.05, 4.69) is 11.6 Å². The average Bonchev–Trinajstić information content (AvgIpc) is 3.29. The van der Waals surface area contributed by atoms with Crippen molar-refractivity contribution in [3.63, 3.8) is 0 Å². The first-order valence-electron chi connectivity index (χ1n) is 11.1. The van der Waals surface area contributed by atoms with Crippen molar-refractivity contribution in [1.82, 2.24) is 9.55 Å². The van der Waals surface area contributed by atoms with Crippen LogP contribution in [0.4, 0.5) is 0 Å². The Balaban J connectivity index is 1.44. The zero-order valence-corrected chi connectivity index (χ0v) is 18.8. The second-order valence-corrected chi connectivity index (χ2v) is 8.58. The van der Waals surface area contributed by atoms with Gasteiger partial charge in [-0.3, -0.25) is 14.3 Å². The Morgan fingerprint density at radius 1 is 1.03 bits per heavy atom. The van der Waals surface area contributed by atoms with Crippen LogP contribution in [0.25, 0.3) is 0 Å². The Hall–Kier alpha value is -3.46. The zero-order chi connectivity index (χ0) is 23.7. The molecule has 5 rings (SSSR count). The standard InChI is InChI=1S/C26H26N2O6/c1-17-13-28(25(30)27-23(17)29)24-21-22(32-15-20-11-7-4-8-12-20)26(34-24,18(2)33-21)16-31-14-19-9-5-3-6-10-19/h3-13,21-22,24H,2,14-16H2,1H3,(H,27,29,30)/t21?,22?,24-,26+/m1/s1. The lowest BCUT2D eigenvalue weighted by Crippen LogP contribution is -2.45. The molecule has 176 valence electrons. The number of hydrogen-bond donors (Lipinski definition) is 1. The van der Waals surface area contributed by atoms with E-state index in [1.807, 2.05) is 60.7 Å². The summed E-state index contributed by atoms with van der Waals surface area (Å²) in [4.78, 5) is 26.8. The van der Waals surface area contributed by atoms with Crippen LogP contribution in [0.5, 0.6) is 0 Å². The highest BCUT2D eigenvalue weighted by Gasteiger charge is 2.66.